The average molecular weight is 316 g/mol. The molecule has 0 aromatic rings. The summed E-state index contributed by atoms with van der Waals surface area (Å²) < 4.78 is 0. The van der Waals surface area contributed by atoms with E-state index >= 15 is 0 Å². The number of nitriles is 1. The molecule has 0 unspecified atom stereocenters. The van der Waals surface area contributed by atoms with Gasteiger partial charge in [-0.15, -0.1) is 6.58 Å². The quantitative estimate of drug-likeness (QED) is 0.441. The van der Waals surface area contributed by atoms with Crippen LogP contribution in [0, 0.1) is 34.5 Å². The Kier molecular flexibility index (Phi) is 7.68. The van der Waals surface area contributed by atoms with Gasteiger partial charge in [-0.3, -0.25) is 0 Å². The third kappa shape index (κ3) is 5.66. The fourth-order valence-corrected chi connectivity index (χ4v) is 5.00. The van der Waals surface area contributed by atoms with Gasteiger partial charge in [0.2, 0.25) is 0 Å². The molecule has 0 bridgehead atoms. The van der Waals surface area contributed by atoms with Gasteiger partial charge in [0, 0.05) is 0 Å². The van der Waals surface area contributed by atoms with E-state index < -0.39 is 0 Å². The molecule has 2 aliphatic rings. The predicted molar refractivity (Wildman–Crippen MR) is 99.0 cm³/mol. The topological polar surface area (TPSA) is 23.8 Å². The van der Waals surface area contributed by atoms with E-state index in [0.29, 0.717) is 0 Å². The highest BCUT2D eigenvalue weighted by molar-refractivity contribution is 5.02. The Bertz CT molecular complexity index is 375. The van der Waals surface area contributed by atoms with Gasteiger partial charge >= 0.3 is 0 Å². The minimum absolute atomic E-state index is 0.0249. The van der Waals surface area contributed by atoms with Crippen molar-refractivity contribution in [2.75, 3.05) is 0 Å². The molecule has 130 valence electrons. The van der Waals surface area contributed by atoms with Crippen LogP contribution in [0.4, 0.5) is 0 Å². The first-order valence-electron chi connectivity index (χ1n) is 10.2. The van der Waals surface area contributed by atoms with Crippen molar-refractivity contribution in [2.45, 2.75) is 96.8 Å². The monoisotopic (exact) mass is 315 g/mol. The highest BCUT2D eigenvalue weighted by Crippen LogP contribution is 2.44. The van der Waals surface area contributed by atoms with Crippen LogP contribution in [0.5, 0.6) is 0 Å². The molecule has 2 aliphatic carbocycles. The summed E-state index contributed by atoms with van der Waals surface area (Å²) in [5, 5.41) is 9.57. The van der Waals surface area contributed by atoms with Crippen LogP contribution < -0.4 is 0 Å². The summed E-state index contributed by atoms with van der Waals surface area (Å²) in [6, 6.07) is 2.65. The summed E-state index contributed by atoms with van der Waals surface area (Å²) >= 11 is 0. The fourth-order valence-electron chi connectivity index (χ4n) is 5.00. The summed E-state index contributed by atoms with van der Waals surface area (Å²) in [7, 11) is 0. The number of nitrogens with zero attached hydrogens (tertiary/aromatic N) is 1. The SMILES string of the molecule is C=CCCC1(C#N)CCC(CCC2CCC(CCC)CC2)CC1. The molecule has 2 rings (SSSR count). The lowest BCUT2D eigenvalue weighted by Crippen LogP contribution is -2.26. The highest BCUT2D eigenvalue weighted by atomic mass is 14.4. The molecule has 0 N–H and O–H groups in total. The van der Waals surface area contributed by atoms with E-state index in [9.17, 15) is 5.26 Å². The third-order valence-corrected chi connectivity index (χ3v) is 6.77. The second-order valence-electron chi connectivity index (χ2n) is 8.42. The van der Waals surface area contributed by atoms with Crippen molar-refractivity contribution in [3.8, 4) is 6.07 Å². The molecule has 1 nitrogen and oxygen atoms in total. The lowest BCUT2D eigenvalue weighted by molar-refractivity contribution is 0.175. The van der Waals surface area contributed by atoms with Crippen LogP contribution in [0.1, 0.15) is 96.8 Å². The molecule has 0 aromatic carbocycles. The van der Waals surface area contributed by atoms with E-state index in [1.165, 1.54) is 64.2 Å². The minimum atomic E-state index is -0.0249. The fraction of sp³-hybridized carbons (Fsp3) is 0.864. The van der Waals surface area contributed by atoms with E-state index in [1.54, 1.807) is 0 Å². The van der Waals surface area contributed by atoms with Crippen molar-refractivity contribution in [3.63, 3.8) is 0 Å². The van der Waals surface area contributed by atoms with Gasteiger partial charge in [-0.25, -0.2) is 0 Å². The van der Waals surface area contributed by atoms with Crippen LogP contribution in [0.25, 0.3) is 0 Å². The smallest absolute Gasteiger partial charge is 0.0689 e. The van der Waals surface area contributed by atoms with Crippen molar-refractivity contribution in [1.82, 2.24) is 0 Å². The lowest BCUT2D eigenvalue weighted by atomic mass is 9.67. The molecule has 0 amide bonds. The van der Waals surface area contributed by atoms with Crippen molar-refractivity contribution < 1.29 is 0 Å². The number of allylic oxidation sites excluding steroid dienone is 1. The standard InChI is InChI=1S/C22H37N/c1-3-5-15-22(18-23)16-13-21(14-17-22)12-11-20-9-7-19(6-4-2)8-10-20/h3,19-21H,1,4-17H2,2H3. The van der Waals surface area contributed by atoms with E-state index in [4.69, 9.17) is 0 Å². The predicted octanol–water partition coefficient (Wildman–Crippen LogP) is 7.04. The summed E-state index contributed by atoms with van der Waals surface area (Å²) in [6.07, 6.45) is 20.5. The van der Waals surface area contributed by atoms with Gasteiger partial charge in [0.05, 0.1) is 11.5 Å². The maximum absolute atomic E-state index is 9.57. The molecule has 0 spiro atoms. The van der Waals surface area contributed by atoms with E-state index in [0.717, 1.165) is 43.4 Å². The molecule has 0 atom stereocenters. The molecule has 1 heteroatoms. The molecule has 0 aromatic heterocycles. The van der Waals surface area contributed by atoms with E-state index in [-0.39, 0.29) is 5.41 Å². The molecule has 2 fully saturated rings. The average Bonchev–Trinajstić information content (AvgIpc) is 2.61. The highest BCUT2D eigenvalue weighted by Gasteiger charge is 2.34. The molecule has 0 aliphatic heterocycles. The summed E-state index contributed by atoms with van der Waals surface area (Å²) in [6.45, 7) is 6.14. The van der Waals surface area contributed by atoms with Crippen LogP contribution in [0.3, 0.4) is 0 Å². The van der Waals surface area contributed by atoms with Gasteiger partial charge in [0.25, 0.3) is 0 Å². The normalized spacial score (nSPS) is 34.7. The zero-order valence-electron chi connectivity index (χ0n) is 15.4. The second-order valence-corrected chi connectivity index (χ2v) is 8.42. The van der Waals surface area contributed by atoms with Gasteiger partial charge in [0.1, 0.15) is 0 Å². The minimum Gasteiger partial charge on any atom is -0.198 e. The Balaban J connectivity index is 1.65. The van der Waals surface area contributed by atoms with Crippen molar-refractivity contribution in [1.29, 1.82) is 5.26 Å². The first kappa shape index (κ1) is 18.6. The number of hydrogen-bond donors (Lipinski definition) is 0. The van der Waals surface area contributed by atoms with Crippen LogP contribution >= 0.6 is 0 Å². The Morgan fingerprint density at radius 1 is 0.957 bits per heavy atom. The second kappa shape index (κ2) is 9.51. The van der Waals surface area contributed by atoms with E-state index in [1.807, 2.05) is 6.08 Å². The summed E-state index contributed by atoms with van der Waals surface area (Å²) in [4.78, 5) is 0. The van der Waals surface area contributed by atoms with Crippen LogP contribution in [0.2, 0.25) is 0 Å². The Hall–Kier alpha value is -0.770. The third-order valence-electron chi connectivity index (χ3n) is 6.77. The molecule has 23 heavy (non-hydrogen) atoms. The van der Waals surface area contributed by atoms with Crippen LogP contribution in [-0.2, 0) is 0 Å². The Morgan fingerprint density at radius 3 is 1.96 bits per heavy atom. The van der Waals surface area contributed by atoms with Crippen molar-refractivity contribution in [3.05, 3.63) is 12.7 Å². The van der Waals surface area contributed by atoms with Crippen molar-refractivity contribution >= 4 is 0 Å². The zero-order valence-corrected chi connectivity index (χ0v) is 15.4. The lowest BCUT2D eigenvalue weighted by Gasteiger charge is -2.36. The van der Waals surface area contributed by atoms with Crippen LogP contribution in [-0.4, -0.2) is 0 Å². The first-order valence-corrected chi connectivity index (χ1v) is 10.2. The van der Waals surface area contributed by atoms with E-state index in [2.05, 4.69) is 19.6 Å². The summed E-state index contributed by atoms with van der Waals surface area (Å²) in [5.41, 5.74) is -0.0249. The first-order chi connectivity index (χ1) is 11.2. The molecule has 0 radical (unpaired) electrons. The van der Waals surface area contributed by atoms with Crippen molar-refractivity contribution in [2.24, 2.45) is 23.2 Å². The van der Waals surface area contributed by atoms with Gasteiger partial charge < -0.3 is 0 Å². The summed E-state index contributed by atoms with van der Waals surface area (Å²) in [5.74, 6) is 2.94. The number of rotatable bonds is 8. The zero-order chi connectivity index (χ0) is 16.5. The Labute approximate surface area is 144 Å². The van der Waals surface area contributed by atoms with Crippen LogP contribution in [0.15, 0.2) is 12.7 Å². The molecule has 0 saturated heterocycles. The van der Waals surface area contributed by atoms with Gasteiger partial charge in [-0.1, -0.05) is 64.4 Å². The molecule has 0 heterocycles. The number of hydrogen-bond acceptors (Lipinski definition) is 1. The maximum Gasteiger partial charge on any atom is 0.0689 e. The van der Waals surface area contributed by atoms with Gasteiger partial charge in [0.15, 0.2) is 0 Å². The molecular formula is C22H37N. The maximum atomic E-state index is 9.57. The largest absolute Gasteiger partial charge is 0.198 e. The van der Waals surface area contributed by atoms with Gasteiger partial charge in [-0.05, 0) is 56.3 Å². The Morgan fingerprint density at radius 2 is 1.48 bits per heavy atom. The molecular weight excluding hydrogens is 278 g/mol. The van der Waals surface area contributed by atoms with Gasteiger partial charge in [-0.2, -0.15) is 5.26 Å². The molecule has 2 saturated carbocycles.